The molecule has 3 aromatic rings. The van der Waals surface area contributed by atoms with Gasteiger partial charge in [0.2, 0.25) is 0 Å². The van der Waals surface area contributed by atoms with Gasteiger partial charge < -0.3 is 5.32 Å². The third kappa shape index (κ3) is 3.81. The Morgan fingerprint density at radius 3 is 2.45 bits per heavy atom. The molecule has 0 aliphatic rings. The van der Waals surface area contributed by atoms with Crippen molar-refractivity contribution in [2.45, 2.75) is 6.54 Å². The summed E-state index contributed by atoms with van der Waals surface area (Å²) in [5.74, 6) is 1.27. The van der Waals surface area contributed by atoms with E-state index in [-0.39, 0.29) is 0 Å². The highest BCUT2D eigenvalue weighted by Gasteiger charge is 2.05. The lowest BCUT2D eigenvalue weighted by Crippen LogP contribution is -2.03. The largest absolute Gasteiger partial charge is 0.366 e. The van der Waals surface area contributed by atoms with Crippen LogP contribution in [-0.4, -0.2) is 15.0 Å². The van der Waals surface area contributed by atoms with Gasteiger partial charge in [0.1, 0.15) is 11.0 Å². The van der Waals surface area contributed by atoms with Crippen molar-refractivity contribution in [3.05, 3.63) is 70.0 Å². The van der Waals surface area contributed by atoms with E-state index in [1.54, 1.807) is 18.5 Å². The van der Waals surface area contributed by atoms with Crippen molar-refractivity contribution in [3.63, 3.8) is 0 Å². The van der Waals surface area contributed by atoms with Crippen molar-refractivity contribution >= 4 is 33.3 Å². The van der Waals surface area contributed by atoms with Crippen molar-refractivity contribution in [1.29, 1.82) is 0 Å². The van der Waals surface area contributed by atoms with Crippen molar-refractivity contribution in [2.24, 2.45) is 0 Å². The standard InChI is InChI=1S/C16H12BrClN4/c17-13-3-1-11(2-4-13)10-20-15-9-14(18)21-16(22-15)12-5-7-19-8-6-12/h1-9H,10H2,(H,20,21,22). The highest BCUT2D eigenvalue weighted by Crippen LogP contribution is 2.20. The second kappa shape index (κ2) is 6.85. The molecule has 3 rings (SSSR count). The zero-order valence-electron chi connectivity index (χ0n) is 11.5. The molecule has 0 saturated carbocycles. The fourth-order valence-corrected chi connectivity index (χ4v) is 2.38. The van der Waals surface area contributed by atoms with Crippen molar-refractivity contribution in [3.8, 4) is 11.4 Å². The van der Waals surface area contributed by atoms with Gasteiger partial charge in [-0.05, 0) is 29.8 Å². The average Bonchev–Trinajstić information content (AvgIpc) is 2.55. The normalized spacial score (nSPS) is 10.5. The maximum absolute atomic E-state index is 6.09. The quantitative estimate of drug-likeness (QED) is 0.679. The first-order chi connectivity index (χ1) is 10.7. The molecule has 0 spiro atoms. The molecule has 1 aromatic carbocycles. The number of hydrogen-bond acceptors (Lipinski definition) is 4. The number of hydrogen-bond donors (Lipinski definition) is 1. The highest BCUT2D eigenvalue weighted by atomic mass is 79.9. The Bertz CT molecular complexity index is 763. The lowest BCUT2D eigenvalue weighted by atomic mass is 10.2. The molecule has 0 atom stereocenters. The van der Waals surface area contributed by atoms with Crippen LogP contribution in [-0.2, 0) is 6.54 Å². The molecule has 0 saturated heterocycles. The topological polar surface area (TPSA) is 50.7 Å². The highest BCUT2D eigenvalue weighted by molar-refractivity contribution is 9.10. The van der Waals surface area contributed by atoms with Crippen LogP contribution in [0, 0.1) is 0 Å². The van der Waals surface area contributed by atoms with Gasteiger partial charge in [-0.25, -0.2) is 9.97 Å². The Balaban J connectivity index is 1.79. The summed E-state index contributed by atoms with van der Waals surface area (Å²) < 4.78 is 1.06. The lowest BCUT2D eigenvalue weighted by Gasteiger charge is -2.08. The molecule has 0 bridgehead atoms. The van der Waals surface area contributed by atoms with Gasteiger partial charge in [-0.1, -0.05) is 39.7 Å². The predicted octanol–water partition coefficient (Wildman–Crippen LogP) is 4.57. The molecule has 110 valence electrons. The Morgan fingerprint density at radius 2 is 1.73 bits per heavy atom. The van der Waals surface area contributed by atoms with Crippen LogP contribution in [0.2, 0.25) is 5.15 Å². The Morgan fingerprint density at radius 1 is 1.00 bits per heavy atom. The van der Waals surface area contributed by atoms with Gasteiger partial charge in [-0.15, -0.1) is 0 Å². The summed E-state index contributed by atoms with van der Waals surface area (Å²) in [6.45, 7) is 0.663. The molecule has 4 nitrogen and oxygen atoms in total. The molecular weight excluding hydrogens is 364 g/mol. The van der Waals surface area contributed by atoms with Crippen LogP contribution in [0.5, 0.6) is 0 Å². The first-order valence-corrected chi connectivity index (χ1v) is 7.81. The molecular formula is C16H12BrClN4. The number of rotatable bonds is 4. The molecule has 0 unspecified atom stereocenters. The van der Waals surface area contributed by atoms with Gasteiger partial charge in [-0.2, -0.15) is 0 Å². The van der Waals surface area contributed by atoms with E-state index in [1.807, 2.05) is 36.4 Å². The summed E-state index contributed by atoms with van der Waals surface area (Å²) in [7, 11) is 0. The predicted molar refractivity (Wildman–Crippen MR) is 91.7 cm³/mol. The minimum absolute atomic E-state index is 0.403. The molecule has 0 aliphatic heterocycles. The maximum atomic E-state index is 6.09. The first kappa shape index (κ1) is 14.9. The van der Waals surface area contributed by atoms with E-state index in [2.05, 4.69) is 36.2 Å². The molecule has 6 heteroatoms. The van der Waals surface area contributed by atoms with Crippen LogP contribution in [0.15, 0.2) is 59.3 Å². The number of aromatic nitrogens is 3. The lowest BCUT2D eigenvalue weighted by molar-refractivity contribution is 1.08. The van der Waals surface area contributed by atoms with E-state index >= 15 is 0 Å². The summed E-state index contributed by atoms with van der Waals surface area (Å²) in [5, 5.41) is 3.67. The first-order valence-electron chi connectivity index (χ1n) is 6.64. The van der Waals surface area contributed by atoms with Crippen LogP contribution in [0.25, 0.3) is 11.4 Å². The number of pyridine rings is 1. The third-order valence-electron chi connectivity index (χ3n) is 3.02. The van der Waals surface area contributed by atoms with Gasteiger partial charge in [0.15, 0.2) is 5.82 Å². The fraction of sp³-hybridized carbons (Fsp3) is 0.0625. The summed E-state index contributed by atoms with van der Waals surface area (Å²) in [5.41, 5.74) is 2.03. The number of benzene rings is 1. The van der Waals surface area contributed by atoms with E-state index in [9.17, 15) is 0 Å². The number of nitrogens with zero attached hydrogens (tertiary/aromatic N) is 3. The molecule has 0 radical (unpaired) electrons. The van der Waals surface area contributed by atoms with Crippen molar-refractivity contribution < 1.29 is 0 Å². The molecule has 2 aromatic heterocycles. The Hall–Kier alpha value is -1.98. The van der Waals surface area contributed by atoms with E-state index in [4.69, 9.17) is 11.6 Å². The van der Waals surface area contributed by atoms with E-state index < -0.39 is 0 Å². The maximum Gasteiger partial charge on any atom is 0.163 e. The van der Waals surface area contributed by atoms with Gasteiger partial charge in [0, 0.05) is 35.0 Å². The summed E-state index contributed by atoms with van der Waals surface area (Å²) in [6.07, 6.45) is 3.41. The smallest absolute Gasteiger partial charge is 0.163 e. The number of anilines is 1. The van der Waals surface area contributed by atoms with E-state index in [0.717, 1.165) is 15.6 Å². The molecule has 0 aliphatic carbocycles. The monoisotopic (exact) mass is 374 g/mol. The zero-order valence-corrected chi connectivity index (χ0v) is 13.8. The average molecular weight is 376 g/mol. The Labute approximate surface area is 141 Å². The number of halogens is 2. The van der Waals surface area contributed by atoms with Crippen LogP contribution in [0.1, 0.15) is 5.56 Å². The SMILES string of the molecule is Clc1cc(NCc2ccc(Br)cc2)nc(-c2ccncc2)n1. The van der Waals surface area contributed by atoms with Crippen molar-refractivity contribution in [1.82, 2.24) is 15.0 Å². The van der Waals surface area contributed by atoms with Gasteiger partial charge in [0.05, 0.1) is 0 Å². The van der Waals surface area contributed by atoms with Gasteiger partial charge in [0.25, 0.3) is 0 Å². The summed E-state index contributed by atoms with van der Waals surface area (Å²) in [6, 6.07) is 13.5. The minimum atomic E-state index is 0.403. The second-order valence-electron chi connectivity index (χ2n) is 4.62. The molecule has 1 N–H and O–H groups in total. The third-order valence-corrected chi connectivity index (χ3v) is 3.74. The van der Waals surface area contributed by atoms with Crippen LogP contribution < -0.4 is 5.32 Å². The summed E-state index contributed by atoms with van der Waals surface area (Å²) in [4.78, 5) is 12.7. The second-order valence-corrected chi connectivity index (χ2v) is 5.92. The molecule has 2 heterocycles. The van der Waals surface area contributed by atoms with E-state index in [0.29, 0.717) is 23.3 Å². The Kier molecular flexibility index (Phi) is 4.65. The van der Waals surface area contributed by atoms with Gasteiger partial charge in [-0.3, -0.25) is 4.98 Å². The molecule has 0 fully saturated rings. The van der Waals surface area contributed by atoms with Crippen LogP contribution >= 0.6 is 27.5 Å². The minimum Gasteiger partial charge on any atom is -0.366 e. The number of nitrogens with one attached hydrogen (secondary N) is 1. The van der Waals surface area contributed by atoms with Crippen LogP contribution in [0.4, 0.5) is 5.82 Å². The molecule has 0 amide bonds. The fourth-order valence-electron chi connectivity index (χ4n) is 1.93. The van der Waals surface area contributed by atoms with Crippen molar-refractivity contribution in [2.75, 3.05) is 5.32 Å². The van der Waals surface area contributed by atoms with E-state index in [1.165, 1.54) is 0 Å². The molecule has 22 heavy (non-hydrogen) atoms. The zero-order chi connectivity index (χ0) is 15.4. The van der Waals surface area contributed by atoms with Gasteiger partial charge >= 0.3 is 0 Å². The summed E-state index contributed by atoms with van der Waals surface area (Å²) >= 11 is 9.51. The van der Waals surface area contributed by atoms with Crippen LogP contribution in [0.3, 0.4) is 0 Å².